The van der Waals surface area contributed by atoms with Gasteiger partial charge in [-0.05, 0) is 28.6 Å². The number of carbonyl (C=O) groups excluding carboxylic acids is 1. The molecule has 0 spiro atoms. The van der Waals surface area contributed by atoms with E-state index in [9.17, 15) is 14.8 Å². The molecule has 0 saturated heterocycles. The van der Waals surface area contributed by atoms with Crippen LogP contribution in [0.15, 0.2) is 84.9 Å². The van der Waals surface area contributed by atoms with Gasteiger partial charge in [-0.1, -0.05) is 84.9 Å². The molecule has 148 valence electrons. The molecular formula is C23H25BN2O3. The van der Waals surface area contributed by atoms with E-state index < -0.39 is 13.2 Å². The van der Waals surface area contributed by atoms with Crippen LogP contribution in [-0.2, 0) is 24.3 Å². The highest BCUT2D eigenvalue weighted by atomic mass is 16.4. The van der Waals surface area contributed by atoms with Crippen LogP contribution >= 0.6 is 0 Å². The van der Waals surface area contributed by atoms with Crippen molar-refractivity contribution in [2.24, 2.45) is 5.73 Å². The number of nitrogens with zero attached hydrogens (tertiary/aromatic N) is 1. The Labute approximate surface area is 171 Å². The number of nitrogens with two attached hydrogens (primary N) is 1. The van der Waals surface area contributed by atoms with Crippen LogP contribution < -0.4 is 11.2 Å². The van der Waals surface area contributed by atoms with E-state index in [1.54, 1.807) is 29.2 Å². The van der Waals surface area contributed by atoms with Crippen molar-refractivity contribution in [2.45, 2.75) is 25.6 Å². The minimum absolute atomic E-state index is 0.121. The third-order valence-corrected chi connectivity index (χ3v) is 4.79. The fourth-order valence-electron chi connectivity index (χ4n) is 3.22. The Morgan fingerprint density at radius 2 is 1.28 bits per heavy atom. The smallest absolute Gasteiger partial charge is 0.423 e. The third-order valence-electron chi connectivity index (χ3n) is 4.79. The van der Waals surface area contributed by atoms with E-state index in [2.05, 4.69) is 0 Å². The van der Waals surface area contributed by atoms with Crippen LogP contribution in [0.4, 0.5) is 0 Å². The third kappa shape index (κ3) is 6.02. The van der Waals surface area contributed by atoms with Gasteiger partial charge < -0.3 is 20.7 Å². The highest BCUT2D eigenvalue weighted by Crippen LogP contribution is 2.13. The minimum atomic E-state index is -1.51. The average molecular weight is 388 g/mol. The highest BCUT2D eigenvalue weighted by molar-refractivity contribution is 6.58. The molecule has 0 bridgehead atoms. The molecule has 0 aromatic heterocycles. The quantitative estimate of drug-likeness (QED) is 0.510. The van der Waals surface area contributed by atoms with Gasteiger partial charge in [0.25, 0.3) is 0 Å². The van der Waals surface area contributed by atoms with E-state index in [-0.39, 0.29) is 5.91 Å². The van der Waals surface area contributed by atoms with Gasteiger partial charge in [0.15, 0.2) is 0 Å². The highest BCUT2D eigenvalue weighted by Gasteiger charge is 2.22. The molecule has 0 unspecified atom stereocenters. The van der Waals surface area contributed by atoms with E-state index >= 15 is 0 Å². The molecule has 0 aliphatic carbocycles. The van der Waals surface area contributed by atoms with Crippen molar-refractivity contribution >= 4 is 18.5 Å². The molecule has 29 heavy (non-hydrogen) atoms. The molecule has 3 rings (SSSR count). The Hall–Kier alpha value is -2.93. The summed E-state index contributed by atoms with van der Waals surface area (Å²) in [6, 6.07) is 25.8. The summed E-state index contributed by atoms with van der Waals surface area (Å²) < 4.78 is 0. The van der Waals surface area contributed by atoms with Crippen molar-refractivity contribution < 1.29 is 14.8 Å². The summed E-state index contributed by atoms with van der Waals surface area (Å²) in [4.78, 5) is 14.9. The van der Waals surface area contributed by atoms with Crippen molar-refractivity contribution in [3.8, 4) is 0 Å². The fourth-order valence-corrected chi connectivity index (χ4v) is 3.22. The molecule has 0 saturated carbocycles. The van der Waals surface area contributed by atoms with Crippen molar-refractivity contribution in [3.63, 3.8) is 0 Å². The van der Waals surface area contributed by atoms with Gasteiger partial charge in [-0.2, -0.15) is 0 Å². The molecule has 0 aliphatic rings. The van der Waals surface area contributed by atoms with Crippen LogP contribution in [0.1, 0.15) is 16.7 Å². The first-order chi connectivity index (χ1) is 14.0. The molecule has 0 aliphatic heterocycles. The van der Waals surface area contributed by atoms with Gasteiger partial charge in [-0.15, -0.1) is 0 Å². The summed E-state index contributed by atoms with van der Waals surface area (Å²) in [6.45, 7) is 0.968. The normalized spacial score (nSPS) is 11.7. The predicted molar refractivity (Wildman–Crippen MR) is 115 cm³/mol. The molecule has 1 amide bonds. The maximum absolute atomic E-state index is 13.2. The van der Waals surface area contributed by atoms with E-state index in [0.717, 1.165) is 16.7 Å². The average Bonchev–Trinajstić information content (AvgIpc) is 2.74. The number of amides is 1. The zero-order valence-corrected chi connectivity index (χ0v) is 16.2. The van der Waals surface area contributed by atoms with Crippen molar-refractivity contribution in [2.75, 3.05) is 0 Å². The van der Waals surface area contributed by atoms with E-state index in [4.69, 9.17) is 5.73 Å². The first kappa shape index (κ1) is 20.8. The molecule has 0 heterocycles. The van der Waals surface area contributed by atoms with E-state index in [0.29, 0.717) is 25.0 Å². The summed E-state index contributed by atoms with van der Waals surface area (Å²) in [7, 11) is -1.51. The van der Waals surface area contributed by atoms with Gasteiger partial charge in [0, 0.05) is 13.1 Å². The topological polar surface area (TPSA) is 86.8 Å². The molecule has 0 radical (unpaired) electrons. The Morgan fingerprint density at radius 1 is 0.793 bits per heavy atom. The molecule has 3 aromatic carbocycles. The maximum Gasteiger partial charge on any atom is 0.488 e. The van der Waals surface area contributed by atoms with Gasteiger partial charge in [0.2, 0.25) is 5.91 Å². The van der Waals surface area contributed by atoms with Gasteiger partial charge in [0.1, 0.15) is 0 Å². The maximum atomic E-state index is 13.2. The summed E-state index contributed by atoms with van der Waals surface area (Å²) >= 11 is 0. The number of hydrogen-bond acceptors (Lipinski definition) is 4. The van der Waals surface area contributed by atoms with E-state index in [1.165, 1.54) is 0 Å². The van der Waals surface area contributed by atoms with Gasteiger partial charge in [0.05, 0.1) is 6.04 Å². The molecular weight excluding hydrogens is 363 g/mol. The van der Waals surface area contributed by atoms with Crippen LogP contribution in [0.2, 0.25) is 0 Å². The lowest BCUT2D eigenvalue weighted by Crippen LogP contribution is -2.44. The lowest BCUT2D eigenvalue weighted by Gasteiger charge is -2.26. The Kier molecular flexibility index (Phi) is 7.19. The molecule has 1 atom stereocenters. The summed E-state index contributed by atoms with van der Waals surface area (Å²) in [5.41, 5.74) is 9.63. The Bertz CT molecular complexity index is 861. The van der Waals surface area contributed by atoms with Gasteiger partial charge in [-0.25, -0.2) is 0 Å². The summed E-state index contributed by atoms with van der Waals surface area (Å²) in [5, 5.41) is 18.4. The van der Waals surface area contributed by atoms with Crippen molar-refractivity contribution in [3.05, 3.63) is 102 Å². The largest absolute Gasteiger partial charge is 0.488 e. The number of rotatable bonds is 8. The van der Waals surface area contributed by atoms with Crippen LogP contribution in [0.25, 0.3) is 0 Å². The van der Waals surface area contributed by atoms with Crippen LogP contribution in [0, 0.1) is 0 Å². The lowest BCUT2D eigenvalue weighted by atomic mass is 9.80. The first-order valence-corrected chi connectivity index (χ1v) is 9.60. The van der Waals surface area contributed by atoms with Crippen LogP contribution in [0.3, 0.4) is 0 Å². The molecule has 6 heteroatoms. The van der Waals surface area contributed by atoms with E-state index in [1.807, 2.05) is 60.7 Å². The number of carbonyl (C=O) groups is 1. The zero-order chi connectivity index (χ0) is 20.6. The second-order valence-corrected chi connectivity index (χ2v) is 7.09. The first-order valence-electron chi connectivity index (χ1n) is 9.60. The monoisotopic (exact) mass is 388 g/mol. The SMILES string of the molecule is N[C@@H](Cc1ccc(B(O)O)cc1)C(=O)N(Cc1ccccc1)Cc1ccccc1. The van der Waals surface area contributed by atoms with Crippen molar-refractivity contribution in [1.82, 2.24) is 4.90 Å². The van der Waals surface area contributed by atoms with Gasteiger partial charge >= 0.3 is 7.12 Å². The minimum Gasteiger partial charge on any atom is -0.423 e. The number of benzene rings is 3. The standard InChI is InChI=1S/C23H25BN2O3/c25-22(15-18-11-13-21(14-12-18)24(28)29)23(27)26(16-19-7-3-1-4-8-19)17-20-9-5-2-6-10-20/h1-14,22,28-29H,15-17,25H2/t22-/m0/s1. The lowest BCUT2D eigenvalue weighted by molar-refractivity contribution is -0.133. The summed E-state index contributed by atoms with van der Waals surface area (Å²) in [5.74, 6) is -0.121. The summed E-state index contributed by atoms with van der Waals surface area (Å²) in [6.07, 6.45) is 0.376. The zero-order valence-electron chi connectivity index (χ0n) is 16.2. The number of hydrogen-bond donors (Lipinski definition) is 3. The second-order valence-electron chi connectivity index (χ2n) is 7.09. The van der Waals surface area contributed by atoms with Gasteiger partial charge in [-0.3, -0.25) is 4.79 Å². The molecule has 0 fully saturated rings. The second kappa shape index (κ2) is 10.0. The van der Waals surface area contributed by atoms with Crippen molar-refractivity contribution in [1.29, 1.82) is 0 Å². The molecule has 4 N–H and O–H groups in total. The molecule has 5 nitrogen and oxygen atoms in total. The Morgan fingerprint density at radius 3 is 1.72 bits per heavy atom. The van der Waals surface area contributed by atoms with Crippen LogP contribution in [-0.4, -0.2) is 34.0 Å². The predicted octanol–water partition coefficient (Wildman–Crippen LogP) is 1.47. The fraction of sp³-hybridized carbons (Fsp3) is 0.174. The molecule has 3 aromatic rings. The van der Waals surface area contributed by atoms with Crippen LogP contribution in [0.5, 0.6) is 0 Å². The Balaban J connectivity index is 1.73.